The molecule has 10 nitrogen and oxygen atoms in total. The summed E-state index contributed by atoms with van der Waals surface area (Å²) in [6, 6.07) is 5.64. The molecule has 0 aromatic heterocycles. The van der Waals surface area contributed by atoms with Crippen LogP contribution < -0.4 is 9.47 Å². The Morgan fingerprint density at radius 1 is 0.800 bits per heavy atom. The van der Waals surface area contributed by atoms with Crippen LogP contribution in [0.15, 0.2) is 24.3 Å². The van der Waals surface area contributed by atoms with Crippen molar-refractivity contribution in [2.45, 2.75) is 0 Å². The first kappa shape index (κ1) is 14.8. The summed E-state index contributed by atoms with van der Waals surface area (Å²) >= 11 is 0. The van der Waals surface area contributed by atoms with Crippen LogP contribution in [0.5, 0.6) is 11.5 Å². The van der Waals surface area contributed by atoms with Crippen molar-refractivity contribution in [3.8, 4) is 11.5 Å². The molecule has 0 saturated heterocycles. The monoisotopic (exact) mass is 342 g/mol. The maximum absolute atomic E-state index is 12.8. The average molecular weight is 342 g/mol. The lowest BCUT2D eigenvalue weighted by molar-refractivity contribution is -0.390. The minimum atomic E-state index is -0.908. The predicted molar refractivity (Wildman–Crippen MR) is 79.2 cm³/mol. The molecule has 0 fully saturated rings. The van der Waals surface area contributed by atoms with Crippen LogP contribution in [0.1, 0.15) is 31.8 Å². The lowest BCUT2D eigenvalue weighted by Crippen LogP contribution is -2.23. The van der Waals surface area contributed by atoms with E-state index < -0.39 is 62.2 Å². The molecule has 0 spiro atoms. The van der Waals surface area contributed by atoms with Gasteiger partial charge in [-0.3, -0.25) is 29.8 Å². The summed E-state index contributed by atoms with van der Waals surface area (Å²) in [5.41, 5.74) is -3.02. The van der Waals surface area contributed by atoms with Gasteiger partial charge in [-0.25, -0.2) is 0 Å². The molecule has 10 heteroatoms. The fraction of sp³-hybridized carbons (Fsp3) is 0.0667. The summed E-state index contributed by atoms with van der Waals surface area (Å²) in [6.45, 7) is -0.491. The molecule has 2 aliphatic rings. The van der Waals surface area contributed by atoms with Crippen LogP contribution >= 0.6 is 0 Å². The molecule has 0 radical (unpaired) electrons. The Kier molecular flexibility index (Phi) is 2.85. The number of ether oxygens (including phenoxy) is 2. The number of nitro groups is 2. The van der Waals surface area contributed by atoms with Crippen LogP contribution in [-0.2, 0) is 0 Å². The molecule has 0 amide bonds. The zero-order chi connectivity index (χ0) is 17.9. The molecule has 0 unspecified atom stereocenters. The molecule has 25 heavy (non-hydrogen) atoms. The van der Waals surface area contributed by atoms with Crippen molar-refractivity contribution in [1.29, 1.82) is 0 Å². The van der Waals surface area contributed by atoms with Gasteiger partial charge in [0.15, 0.2) is 0 Å². The molecule has 4 rings (SSSR count). The van der Waals surface area contributed by atoms with E-state index in [2.05, 4.69) is 0 Å². The van der Waals surface area contributed by atoms with Crippen LogP contribution in [0.25, 0.3) is 0 Å². The van der Waals surface area contributed by atoms with E-state index in [-0.39, 0.29) is 11.1 Å². The van der Waals surface area contributed by atoms with Gasteiger partial charge in [0.2, 0.25) is 18.4 Å². The van der Waals surface area contributed by atoms with Gasteiger partial charge in [0.05, 0.1) is 9.85 Å². The second kappa shape index (κ2) is 4.84. The first-order valence-corrected chi connectivity index (χ1v) is 6.90. The topological polar surface area (TPSA) is 139 Å². The number of ketones is 2. The number of nitrogens with zero attached hydrogens (tertiary/aromatic N) is 2. The molecule has 0 saturated carbocycles. The summed E-state index contributed by atoms with van der Waals surface area (Å²) in [6.07, 6.45) is 0. The van der Waals surface area contributed by atoms with Gasteiger partial charge in [-0.1, -0.05) is 24.3 Å². The minimum Gasteiger partial charge on any atom is -0.446 e. The van der Waals surface area contributed by atoms with Crippen molar-refractivity contribution < 1.29 is 28.9 Å². The van der Waals surface area contributed by atoms with Crippen LogP contribution in [0.3, 0.4) is 0 Å². The first-order valence-electron chi connectivity index (χ1n) is 6.90. The largest absolute Gasteiger partial charge is 0.446 e. The van der Waals surface area contributed by atoms with E-state index in [4.69, 9.17) is 9.47 Å². The highest BCUT2D eigenvalue weighted by Crippen LogP contribution is 2.53. The zero-order valence-corrected chi connectivity index (χ0v) is 12.2. The summed E-state index contributed by atoms with van der Waals surface area (Å²) in [5, 5.41) is 23.0. The van der Waals surface area contributed by atoms with Gasteiger partial charge in [-0.05, 0) is 0 Å². The number of fused-ring (bicyclic) bond motifs is 3. The molecule has 1 aliphatic carbocycles. The fourth-order valence-corrected chi connectivity index (χ4v) is 3.03. The van der Waals surface area contributed by atoms with Gasteiger partial charge in [0.1, 0.15) is 11.1 Å². The van der Waals surface area contributed by atoms with Gasteiger partial charge in [0.25, 0.3) is 11.5 Å². The number of rotatable bonds is 2. The number of hydrogen-bond acceptors (Lipinski definition) is 8. The summed E-state index contributed by atoms with van der Waals surface area (Å²) < 4.78 is 9.98. The third-order valence-electron chi connectivity index (χ3n) is 4.00. The Morgan fingerprint density at radius 3 is 1.56 bits per heavy atom. The Hall–Kier alpha value is -3.82. The van der Waals surface area contributed by atoms with Gasteiger partial charge in [0, 0.05) is 11.1 Å². The molecule has 0 bridgehead atoms. The lowest BCUT2D eigenvalue weighted by Gasteiger charge is -2.17. The molecule has 0 atom stereocenters. The van der Waals surface area contributed by atoms with Crippen LogP contribution in [-0.4, -0.2) is 28.2 Å². The summed E-state index contributed by atoms with van der Waals surface area (Å²) in [4.78, 5) is 46.8. The molecule has 2 aromatic carbocycles. The third-order valence-corrected chi connectivity index (χ3v) is 4.00. The van der Waals surface area contributed by atoms with Gasteiger partial charge in [-0.15, -0.1) is 0 Å². The van der Waals surface area contributed by atoms with Crippen molar-refractivity contribution in [1.82, 2.24) is 0 Å². The van der Waals surface area contributed by atoms with E-state index in [1.165, 1.54) is 24.3 Å². The van der Waals surface area contributed by atoms with Crippen LogP contribution in [0.2, 0.25) is 0 Å². The fourth-order valence-electron chi connectivity index (χ4n) is 3.03. The Bertz CT molecular complexity index is 947. The molecule has 2 aromatic rings. The van der Waals surface area contributed by atoms with Crippen LogP contribution in [0.4, 0.5) is 11.4 Å². The number of nitro benzene ring substituents is 2. The SMILES string of the molecule is O=C1c2ccccc2C(=O)c2c1c([N+](=O)[O-])c1c(c2[N+](=O)[O-])OCO1. The van der Waals surface area contributed by atoms with E-state index in [1.807, 2.05) is 0 Å². The number of carbonyl (C=O) groups is 2. The number of hydrogen-bond donors (Lipinski definition) is 0. The molecule has 124 valence electrons. The van der Waals surface area contributed by atoms with Crippen molar-refractivity contribution in [3.05, 3.63) is 66.7 Å². The highest BCUT2D eigenvalue weighted by atomic mass is 16.7. The summed E-state index contributed by atoms with van der Waals surface area (Å²) in [5.74, 6) is -2.73. The molecule has 1 heterocycles. The molecule has 1 aliphatic heterocycles. The number of benzene rings is 2. The number of carbonyl (C=O) groups excluding carboxylic acids is 2. The van der Waals surface area contributed by atoms with Crippen LogP contribution in [0, 0.1) is 20.2 Å². The highest BCUT2D eigenvalue weighted by molar-refractivity contribution is 6.32. The minimum absolute atomic E-state index is 0.0590. The van der Waals surface area contributed by atoms with Crippen molar-refractivity contribution in [2.24, 2.45) is 0 Å². The van der Waals surface area contributed by atoms with Gasteiger partial charge in [-0.2, -0.15) is 0 Å². The van der Waals surface area contributed by atoms with E-state index in [1.54, 1.807) is 0 Å². The van der Waals surface area contributed by atoms with Crippen molar-refractivity contribution >= 4 is 22.9 Å². The van der Waals surface area contributed by atoms with E-state index >= 15 is 0 Å². The van der Waals surface area contributed by atoms with E-state index in [0.717, 1.165) is 0 Å². The summed E-state index contributed by atoms with van der Waals surface area (Å²) in [7, 11) is 0. The van der Waals surface area contributed by atoms with Crippen molar-refractivity contribution in [3.63, 3.8) is 0 Å². The predicted octanol–water partition coefficient (Wildman–Crippen LogP) is 2.01. The first-order chi connectivity index (χ1) is 11.9. The third kappa shape index (κ3) is 1.78. The normalized spacial score (nSPS) is 14.1. The van der Waals surface area contributed by atoms with Gasteiger partial charge >= 0.3 is 11.4 Å². The van der Waals surface area contributed by atoms with E-state index in [0.29, 0.717) is 0 Å². The second-order valence-electron chi connectivity index (χ2n) is 5.23. The maximum Gasteiger partial charge on any atom is 0.327 e. The average Bonchev–Trinajstić information content (AvgIpc) is 3.05. The Labute approximate surface area is 137 Å². The second-order valence-corrected chi connectivity index (χ2v) is 5.23. The van der Waals surface area contributed by atoms with Crippen molar-refractivity contribution in [2.75, 3.05) is 6.79 Å². The molecular formula is C15H6N2O8. The maximum atomic E-state index is 12.8. The standard InChI is InChI=1S/C15H6N2O8/c18-12-6-3-1-2-4-7(6)13(19)9-8(12)10(16(20)21)14-15(25-5-24-14)11(9)17(22)23/h1-4H,5H2. The molecular weight excluding hydrogens is 336 g/mol. The Balaban J connectivity index is 2.20. The molecule has 0 N–H and O–H groups in total. The zero-order valence-electron chi connectivity index (χ0n) is 12.2. The highest BCUT2D eigenvalue weighted by Gasteiger charge is 2.48. The Morgan fingerprint density at radius 2 is 1.20 bits per heavy atom. The van der Waals surface area contributed by atoms with E-state index in [9.17, 15) is 29.8 Å². The quantitative estimate of drug-likeness (QED) is 0.509. The van der Waals surface area contributed by atoms with Gasteiger partial charge < -0.3 is 9.47 Å². The lowest BCUT2D eigenvalue weighted by atomic mass is 9.82. The smallest absolute Gasteiger partial charge is 0.327 e.